The second-order valence-corrected chi connectivity index (χ2v) is 4.75. The molecule has 16 heavy (non-hydrogen) atoms. The van der Waals surface area contributed by atoms with Crippen LogP contribution < -0.4 is 5.56 Å². The number of aromatic nitrogens is 2. The van der Waals surface area contributed by atoms with Gasteiger partial charge in [-0.3, -0.25) is 9.59 Å². The molecule has 88 valence electrons. The van der Waals surface area contributed by atoms with E-state index in [-0.39, 0.29) is 23.8 Å². The van der Waals surface area contributed by atoms with Crippen LogP contribution in [-0.2, 0) is 16.6 Å². The van der Waals surface area contributed by atoms with Crippen molar-refractivity contribution in [2.24, 2.45) is 0 Å². The summed E-state index contributed by atoms with van der Waals surface area (Å²) in [5.41, 5.74) is 0.756. The zero-order valence-electron chi connectivity index (χ0n) is 9.70. The first-order chi connectivity index (χ1) is 7.30. The van der Waals surface area contributed by atoms with Gasteiger partial charge in [0.15, 0.2) is 0 Å². The summed E-state index contributed by atoms with van der Waals surface area (Å²) in [5.74, 6) is -0.909. The smallest absolute Gasteiger partial charge is 0.303 e. The number of rotatable bonds is 3. The molecular weight excluding hydrogens is 208 g/mol. The summed E-state index contributed by atoms with van der Waals surface area (Å²) in [5, 5.41) is 14.9. The standard InChI is InChI=1S/C11H16N2O3/c1-11(2,3)8-6-7(4-5-9(14)15)10(16)13-12-8/h6H,4-5H2,1-3H3,(H,13,16)(H,14,15). The number of carboxylic acid groups (broad SMARTS) is 1. The lowest BCUT2D eigenvalue weighted by Crippen LogP contribution is -2.22. The van der Waals surface area contributed by atoms with E-state index < -0.39 is 5.97 Å². The van der Waals surface area contributed by atoms with Crippen LogP contribution in [0.1, 0.15) is 38.4 Å². The highest BCUT2D eigenvalue weighted by Crippen LogP contribution is 2.19. The molecule has 1 aromatic heterocycles. The number of aliphatic carboxylic acids is 1. The van der Waals surface area contributed by atoms with Gasteiger partial charge in [0.25, 0.3) is 5.56 Å². The predicted molar refractivity (Wildman–Crippen MR) is 59.5 cm³/mol. The number of aromatic amines is 1. The maximum absolute atomic E-state index is 11.4. The fourth-order valence-electron chi connectivity index (χ4n) is 1.26. The Morgan fingerprint density at radius 2 is 2.12 bits per heavy atom. The molecule has 0 radical (unpaired) electrons. The lowest BCUT2D eigenvalue weighted by Gasteiger charge is -2.17. The molecule has 0 amide bonds. The van der Waals surface area contributed by atoms with E-state index in [1.165, 1.54) is 0 Å². The maximum atomic E-state index is 11.4. The first kappa shape index (κ1) is 12.4. The molecule has 5 heteroatoms. The van der Waals surface area contributed by atoms with Crippen LogP contribution >= 0.6 is 0 Å². The van der Waals surface area contributed by atoms with Crippen LogP contribution in [0.15, 0.2) is 10.9 Å². The van der Waals surface area contributed by atoms with Gasteiger partial charge in [0.2, 0.25) is 0 Å². The van der Waals surface area contributed by atoms with Crippen LogP contribution in [0.2, 0.25) is 0 Å². The van der Waals surface area contributed by atoms with Crippen LogP contribution in [0, 0.1) is 0 Å². The zero-order valence-corrected chi connectivity index (χ0v) is 9.70. The maximum Gasteiger partial charge on any atom is 0.303 e. The third-order valence-corrected chi connectivity index (χ3v) is 2.26. The van der Waals surface area contributed by atoms with E-state index in [0.717, 1.165) is 5.69 Å². The van der Waals surface area contributed by atoms with Crippen molar-refractivity contribution >= 4 is 5.97 Å². The number of hydrogen-bond acceptors (Lipinski definition) is 3. The van der Waals surface area contributed by atoms with Crippen LogP contribution in [0.4, 0.5) is 0 Å². The highest BCUT2D eigenvalue weighted by molar-refractivity contribution is 5.67. The number of nitrogens with zero attached hydrogens (tertiary/aromatic N) is 1. The quantitative estimate of drug-likeness (QED) is 0.804. The summed E-state index contributed by atoms with van der Waals surface area (Å²) in [6, 6.07) is 1.68. The van der Waals surface area contributed by atoms with E-state index in [1.807, 2.05) is 20.8 Å². The van der Waals surface area contributed by atoms with Gasteiger partial charge in [0.05, 0.1) is 5.69 Å². The summed E-state index contributed by atoms with van der Waals surface area (Å²) in [6.45, 7) is 5.94. The van der Waals surface area contributed by atoms with Crippen LogP contribution in [0.5, 0.6) is 0 Å². The second kappa shape index (κ2) is 4.47. The molecule has 1 heterocycles. The average molecular weight is 224 g/mol. The molecule has 0 aromatic carbocycles. The van der Waals surface area contributed by atoms with Crippen molar-refractivity contribution in [2.45, 2.75) is 39.0 Å². The fraction of sp³-hybridized carbons (Fsp3) is 0.545. The summed E-state index contributed by atoms with van der Waals surface area (Å²) < 4.78 is 0. The van der Waals surface area contributed by atoms with Crippen LogP contribution in [0.25, 0.3) is 0 Å². The van der Waals surface area contributed by atoms with Gasteiger partial charge in [0, 0.05) is 17.4 Å². The third-order valence-electron chi connectivity index (χ3n) is 2.26. The number of nitrogens with one attached hydrogen (secondary N) is 1. The van der Waals surface area contributed by atoms with Gasteiger partial charge in [-0.25, -0.2) is 5.10 Å². The van der Waals surface area contributed by atoms with Crippen molar-refractivity contribution < 1.29 is 9.90 Å². The molecule has 1 aromatic rings. The first-order valence-electron chi connectivity index (χ1n) is 5.11. The highest BCUT2D eigenvalue weighted by atomic mass is 16.4. The molecule has 0 saturated carbocycles. The molecule has 0 fully saturated rings. The second-order valence-electron chi connectivity index (χ2n) is 4.75. The normalized spacial score (nSPS) is 11.4. The number of H-pyrrole nitrogens is 1. The van der Waals surface area contributed by atoms with Gasteiger partial charge in [-0.2, -0.15) is 5.10 Å². The molecule has 0 aliphatic heterocycles. The number of aryl methyl sites for hydroxylation is 1. The molecule has 2 N–H and O–H groups in total. The lowest BCUT2D eigenvalue weighted by atomic mass is 9.91. The van der Waals surface area contributed by atoms with Crippen molar-refractivity contribution in [3.05, 3.63) is 27.7 Å². The van der Waals surface area contributed by atoms with E-state index in [9.17, 15) is 9.59 Å². The number of carbonyl (C=O) groups is 1. The minimum absolute atomic E-state index is 0.0450. The van der Waals surface area contributed by atoms with E-state index in [0.29, 0.717) is 5.56 Å². The van der Waals surface area contributed by atoms with Gasteiger partial charge in [-0.1, -0.05) is 20.8 Å². The summed E-state index contributed by atoms with van der Waals surface area (Å²) >= 11 is 0. The summed E-state index contributed by atoms with van der Waals surface area (Å²) in [7, 11) is 0. The third kappa shape index (κ3) is 3.18. The van der Waals surface area contributed by atoms with Crippen LogP contribution in [-0.4, -0.2) is 21.3 Å². The van der Waals surface area contributed by atoms with Crippen molar-refractivity contribution in [3.8, 4) is 0 Å². The molecule has 0 saturated heterocycles. The molecule has 0 aliphatic rings. The van der Waals surface area contributed by atoms with Gasteiger partial charge < -0.3 is 5.11 Å². The minimum Gasteiger partial charge on any atom is -0.481 e. The fourth-order valence-corrected chi connectivity index (χ4v) is 1.26. The number of carboxylic acids is 1. The van der Waals surface area contributed by atoms with Gasteiger partial charge >= 0.3 is 5.97 Å². The minimum atomic E-state index is -0.909. The molecular formula is C11H16N2O3. The first-order valence-corrected chi connectivity index (χ1v) is 5.11. The molecule has 0 spiro atoms. The monoisotopic (exact) mass is 224 g/mol. The van der Waals surface area contributed by atoms with E-state index in [1.54, 1.807) is 6.07 Å². The van der Waals surface area contributed by atoms with E-state index >= 15 is 0 Å². The summed E-state index contributed by atoms with van der Waals surface area (Å²) in [6.07, 6.45) is 0.187. The SMILES string of the molecule is CC(C)(C)c1cc(CCC(=O)O)c(=O)[nH]n1. The largest absolute Gasteiger partial charge is 0.481 e. The van der Waals surface area contributed by atoms with Gasteiger partial charge in [-0.15, -0.1) is 0 Å². The number of hydrogen-bond donors (Lipinski definition) is 2. The van der Waals surface area contributed by atoms with Gasteiger partial charge in [-0.05, 0) is 12.5 Å². The molecule has 0 aliphatic carbocycles. The molecule has 0 atom stereocenters. The Morgan fingerprint density at radius 1 is 1.50 bits per heavy atom. The van der Waals surface area contributed by atoms with E-state index in [2.05, 4.69) is 10.2 Å². The highest BCUT2D eigenvalue weighted by Gasteiger charge is 2.17. The predicted octanol–water partition coefficient (Wildman–Crippen LogP) is 1.08. The Labute approximate surface area is 93.5 Å². The van der Waals surface area contributed by atoms with Crippen molar-refractivity contribution in [1.29, 1.82) is 0 Å². The molecule has 0 unspecified atom stereocenters. The lowest BCUT2D eigenvalue weighted by molar-refractivity contribution is -0.136. The van der Waals surface area contributed by atoms with Crippen molar-refractivity contribution in [2.75, 3.05) is 0 Å². The van der Waals surface area contributed by atoms with Crippen molar-refractivity contribution in [3.63, 3.8) is 0 Å². The zero-order chi connectivity index (χ0) is 12.3. The van der Waals surface area contributed by atoms with Gasteiger partial charge in [0.1, 0.15) is 0 Å². The Morgan fingerprint density at radius 3 is 2.62 bits per heavy atom. The Bertz CT molecular complexity index is 443. The summed E-state index contributed by atoms with van der Waals surface area (Å²) in [4.78, 5) is 21.8. The van der Waals surface area contributed by atoms with Crippen molar-refractivity contribution in [1.82, 2.24) is 10.2 Å². The van der Waals surface area contributed by atoms with E-state index in [4.69, 9.17) is 5.11 Å². The topological polar surface area (TPSA) is 83.0 Å². The molecule has 0 bridgehead atoms. The van der Waals surface area contributed by atoms with Crippen LogP contribution in [0.3, 0.4) is 0 Å². The Kier molecular flexibility index (Phi) is 3.47. The molecule has 5 nitrogen and oxygen atoms in total. The average Bonchev–Trinajstić information content (AvgIpc) is 2.14. The Balaban J connectivity index is 3.00. The molecule has 1 rings (SSSR count). The Hall–Kier alpha value is -1.65.